The molecule has 4 nitrogen and oxygen atoms in total. The zero-order valence-electron chi connectivity index (χ0n) is 10.8. The summed E-state index contributed by atoms with van der Waals surface area (Å²) in [6.45, 7) is 2.01. The molecular weight excluding hydrogens is 302 g/mol. The third-order valence-electron chi connectivity index (χ3n) is 3.19. The van der Waals surface area contributed by atoms with Gasteiger partial charge in [-0.25, -0.2) is 13.1 Å². The van der Waals surface area contributed by atoms with Gasteiger partial charge in [0.25, 0.3) is 0 Å². The second kappa shape index (κ2) is 6.58. The van der Waals surface area contributed by atoms with E-state index in [-0.39, 0.29) is 12.6 Å². The quantitative estimate of drug-likeness (QED) is 0.843. The number of sulfonamides is 1. The Morgan fingerprint density at radius 2 is 2.32 bits per heavy atom. The lowest BCUT2D eigenvalue weighted by molar-refractivity contribution is 0.282. The van der Waals surface area contributed by atoms with E-state index < -0.39 is 10.0 Å². The lowest BCUT2D eigenvalue weighted by atomic mass is 10.3. The fourth-order valence-corrected chi connectivity index (χ4v) is 5.93. The monoisotopic (exact) mass is 321 g/mol. The largest absolute Gasteiger partial charge is 0.392 e. The van der Waals surface area contributed by atoms with Crippen LogP contribution in [0.5, 0.6) is 0 Å². The topological polar surface area (TPSA) is 66.4 Å². The molecule has 7 heteroatoms. The van der Waals surface area contributed by atoms with E-state index in [1.54, 1.807) is 11.4 Å². The van der Waals surface area contributed by atoms with Crippen LogP contribution in [0.2, 0.25) is 0 Å². The number of hydrogen-bond donors (Lipinski definition) is 2. The van der Waals surface area contributed by atoms with Gasteiger partial charge in [-0.05, 0) is 42.0 Å². The van der Waals surface area contributed by atoms with Crippen LogP contribution in [0.15, 0.2) is 15.7 Å². The molecule has 0 aromatic carbocycles. The van der Waals surface area contributed by atoms with Gasteiger partial charge in [-0.1, -0.05) is 6.92 Å². The highest BCUT2D eigenvalue weighted by atomic mass is 32.2. The van der Waals surface area contributed by atoms with Gasteiger partial charge in [0.15, 0.2) is 0 Å². The summed E-state index contributed by atoms with van der Waals surface area (Å²) in [5, 5.41) is 11.2. The maximum atomic E-state index is 12.2. The zero-order valence-corrected chi connectivity index (χ0v) is 13.3. The molecule has 0 bridgehead atoms. The fraction of sp³-hybridized carbons (Fsp3) is 0.667. The minimum Gasteiger partial charge on any atom is -0.392 e. The Bertz CT molecular complexity index is 512. The minimum absolute atomic E-state index is 0.0497. The van der Waals surface area contributed by atoms with Crippen molar-refractivity contribution in [3.05, 3.63) is 17.0 Å². The van der Waals surface area contributed by atoms with Gasteiger partial charge in [0.1, 0.15) is 4.21 Å². The van der Waals surface area contributed by atoms with Crippen molar-refractivity contribution in [1.29, 1.82) is 0 Å². The third-order valence-corrected chi connectivity index (χ3v) is 7.43. The Balaban J connectivity index is 1.98. The smallest absolute Gasteiger partial charge is 0.250 e. The van der Waals surface area contributed by atoms with Crippen LogP contribution in [0.25, 0.3) is 0 Å². The summed E-state index contributed by atoms with van der Waals surface area (Å²) in [7, 11) is -3.42. The number of thioether (sulfide) groups is 1. The van der Waals surface area contributed by atoms with E-state index in [0.717, 1.165) is 36.4 Å². The Morgan fingerprint density at radius 3 is 2.95 bits per heavy atom. The molecule has 0 radical (unpaired) electrons. The van der Waals surface area contributed by atoms with Crippen molar-refractivity contribution in [1.82, 2.24) is 4.72 Å². The molecule has 2 N–H and O–H groups in total. The van der Waals surface area contributed by atoms with Gasteiger partial charge in [0, 0.05) is 11.3 Å². The maximum Gasteiger partial charge on any atom is 0.250 e. The van der Waals surface area contributed by atoms with Crippen molar-refractivity contribution in [2.24, 2.45) is 0 Å². The van der Waals surface area contributed by atoms with E-state index in [9.17, 15) is 8.42 Å². The summed E-state index contributed by atoms with van der Waals surface area (Å²) in [6.07, 6.45) is 2.91. The van der Waals surface area contributed by atoms with Crippen molar-refractivity contribution in [2.45, 2.75) is 48.3 Å². The highest BCUT2D eigenvalue weighted by Gasteiger charge is 2.29. The van der Waals surface area contributed by atoms with Gasteiger partial charge in [-0.2, -0.15) is 11.8 Å². The highest BCUT2D eigenvalue weighted by molar-refractivity contribution is 7.99. The Kier molecular flexibility index (Phi) is 5.30. The molecule has 0 amide bonds. The molecule has 1 aromatic heterocycles. The number of rotatable bonds is 6. The van der Waals surface area contributed by atoms with Crippen molar-refractivity contribution < 1.29 is 13.5 Å². The van der Waals surface area contributed by atoms with Crippen molar-refractivity contribution in [3.63, 3.8) is 0 Å². The van der Waals surface area contributed by atoms with Gasteiger partial charge in [0.2, 0.25) is 10.0 Å². The molecule has 1 saturated carbocycles. The second-order valence-electron chi connectivity index (χ2n) is 4.64. The summed E-state index contributed by atoms with van der Waals surface area (Å²) in [6, 6.07) is 1.59. The maximum absolute atomic E-state index is 12.2. The Labute approximate surface area is 122 Å². The molecule has 2 unspecified atom stereocenters. The van der Waals surface area contributed by atoms with Crippen LogP contribution in [-0.4, -0.2) is 30.6 Å². The van der Waals surface area contributed by atoms with Gasteiger partial charge in [-0.3, -0.25) is 0 Å². The van der Waals surface area contributed by atoms with Gasteiger partial charge in [0.05, 0.1) is 6.61 Å². The predicted octanol–water partition coefficient (Wildman–Crippen LogP) is 2.19. The van der Waals surface area contributed by atoms with E-state index in [4.69, 9.17) is 5.11 Å². The van der Waals surface area contributed by atoms with Crippen LogP contribution in [0.1, 0.15) is 31.7 Å². The van der Waals surface area contributed by atoms with Crippen LogP contribution in [0.4, 0.5) is 0 Å². The number of thiophene rings is 1. The number of nitrogens with one attached hydrogen (secondary N) is 1. The van der Waals surface area contributed by atoms with Gasteiger partial charge in [-0.15, -0.1) is 11.3 Å². The SMILES string of the molecule is CCSC1CCC(NS(=O)(=O)c2cc(CO)cs2)C1. The molecule has 108 valence electrons. The summed E-state index contributed by atoms with van der Waals surface area (Å²) < 4.78 is 27.5. The molecule has 0 spiro atoms. The predicted molar refractivity (Wildman–Crippen MR) is 80.1 cm³/mol. The van der Waals surface area contributed by atoms with Crippen molar-refractivity contribution in [2.75, 3.05) is 5.75 Å². The molecule has 2 rings (SSSR count). The highest BCUT2D eigenvalue weighted by Crippen LogP contribution is 2.31. The summed E-state index contributed by atoms with van der Waals surface area (Å²) in [4.78, 5) is 0. The van der Waals surface area contributed by atoms with E-state index in [2.05, 4.69) is 11.6 Å². The molecule has 2 atom stereocenters. The number of aliphatic hydroxyl groups is 1. The molecule has 1 aliphatic rings. The van der Waals surface area contributed by atoms with E-state index in [1.807, 2.05) is 11.8 Å². The lowest BCUT2D eigenvalue weighted by Gasteiger charge is -2.12. The first-order chi connectivity index (χ1) is 9.05. The molecular formula is C12H19NO3S3. The van der Waals surface area contributed by atoms with Crippen LogP contribution < -0.4 is 4.72 Å². The van der Waals surface area contributed by atoms with E-state index in [0.29, 0.717) is 15.0 Å². The van der Waals surface area contributed by atoms with Crippen LogP contribution in [0.3, 0.4) is 0 Å². The van der Waals surface area contributed by atoms with Crippen LogP contribution in [-0.2, 0) is 16.6 Å². The molecule has 1 aromatic rings. The first-order valence-electron chi connectivity index (χ1n) is 6.37. The Morgan fingerprint density at radius 1 is 1.53 bits per heavy atom. The molecule has 1 heterocycles. The summed E-state index contributed by atoms with van der Waals surface area (Å²) in [5.74, 6) is 1.08. The fourth-order valence-electron chi connectivity index (χ4n) is 2.29. The summed E-state index contributed by atoms with van der Waals surface area (Å²) in [5.41, 5.74) is 0.649. The minimum atomic E-state index is -3.42. The third kappa shape index (κ3) is 3.95. The molecule has 0 saturated heterocycles. The lowest BCUT2D eigenvalue weighted by Crippen LogP contribution is -2.32. The van der Waals surface area contributed by atoms with Gasteiger partial charge >= 0.3 is 0 Å². The van der Waals surface area contributed by atoms with E-state index >= 15 is 0 Å². The first-order valence-corrected chi connectivity index (χ1v) is 9.78. The average molecular weight is 321 g/mol. The van der Waals surface area contributed by atoms with Gasteiger partial charge < -0.3 is 5.11 Å². The average Bonchev–Trinajstić information content (AvgIpc) is 2.98. The molecule has 0 aliphatic heterocycles. The number of aliphatic hydroxyl groups excluding tert-OH is 1. The zero-order chi connectivity index (χ0) is 13.9. The first kappa shape index (κ1) is 15.3. The van der Waals surface area contributed by atoms with Crippen molar-refractivity contribution in [3.8, 4) is 0 Å². The molecule has 1 aliphatic carbocycles. The molecule has 19 heavy (non-hydrogen) atoms. The van der Waals surface area contributed by atoms with Crippen LogP contribution in [0, 0.1) is 0 Å². The molecule has 1 fully saturated rings. The van der Waals surface area contributed by atoms with E-state index in [1.165, 1.54) is 0 Å². The standard InChI is InChI=1S/C12H19NO3S3/c1-2-17-11-4-3-10(6-11)13-19(15,16)12-5-9(7-14)8-18-12/h5,8,10-11,13-14H,2-4,6-7H2,1H3. The normalized spacial score (nSPS) is 23.9. The number of hydrogen-bond acceptors (Lipinski definition) is 5. The van der Waals surface area contributed by atoms with Crippen molar-refractivity contribution >= 4 is 33.1 Å². The second-order valence-corrected chi connectivity index (χ2v) is 9.07. The van der Waals surface area contributed by atoms with Crippen LogP contribution >= 0.6 is 23.1 Å². The summed E-state index contributed by atoms with van der Waals surface area (Å²) >= 11 is 3.07. The Hall–Kier alpha value is -0.0800.